The van der Waals surface area contributed by atoms with Crippen molar-refractivity contribution < 1.29 is 29.3 Å². The highest BCUT2D eigenvalue weighted by Gasteiger charge is 2.17. The van der Waals surface area contributed by atoms with Crippen LogP contribution in [0.5, 0.6) is 0 Å². The number of hydrogen-bond acceptors (Lipinski definition) is 4. The molecule has 0 bridgehead atoms. The summed E-state index contributed by atoms with van der Waals surface area (Å²) in [5.74, 6) is -2.31. The number of benzene rings is 2. The van der Waals surface area contributed by atoms with Gasteiger partial charge in [-0.2, -0.15) is 0 Å². The summed E-state index contributed by atoms with van der Waals surface area (Å²) in [6.45, 7) is 5.25. The van der Waals surface area contributed by atoms with E-state index >= 15 is 0 Å². The van der Waals surface area contributed by atoms with E-state index in [1.807, 2.05) is 0 Å². The van der Waals surface area contributed by atoms with Crippen LogP contribution < -0.4 is 5.32 Å². The predicted octanol–water partition coefficient (Wildman–Crippen LogP) is 4.10. The van der Waals surface area contributed by atoms with Crippen LogP contribution in [0.2, 0.25) is 0 Å². The van der Waals surface area contributed by atoms with Crippen LogP contribution in [0.3, 0.4) is 0 Å². The number of carboxylic acid groups (broad SMARTS) is 2. The van der Waals surface area contributed by atoms with Gasteiger partial charge in [-0.1, -0.05) is 12.1 Å². The summed E-state index contributed by atoms with van der Waals surface area (Å²) in [7, 11) is 0. The lowest BCUT2D eigenvalue weighted by Gasteiger charge is -2.19. The smallest absolute Gasteiger partial charge is 0.412 e. The molecule has 0 fully saturated rings. The summed E-state index contributed by atoms with van der Waals surface area (Å²) in [5.41, 5.74) is 0.608. The average Bonchev–Trinajstić information content (AvgIpc) is 2.53. The van der Waals surface area contributed by atoms with Gasteiger partial charge >= 0.3 is 18.0 Å². The lowest BCUT2D eigenvalue weighted by Crippen LogP contribution is -2.27. The first-order valence-corrected chi connectivity index (χ1v) is 7.78. The molecule has 0 aliphatic heterocycles. The molecule has 2 aromatic rings. The molecule has 3 N–H and O–H groups in total. The van der Waals surface area contributed by atoms with Gasteiger partial charge in [0.05, 0.1) is 11.1 Å². The Balaban J connectivity index is 2.30. The summed E-state index contributed by atoms with van der Waals surface area (Å²) in [5, 5.41) is 21.0. The Morgan fingerprint density at radius 1 is 0.923 bits per heavy atom. The topological polar surface area (TPSA) is 113 Å². The molecule has 0 saturated carbocycles. The lowest BCUT2D eigenvalue weighted by molar-refractivity contribution is 0.0633. The van der Waals surface area contributed by atoms with Gasteiger partial charge < -0.3 is 14.9 Å². The SMILES string of the molecule is CC(C)(C)OC(=O)Nc1ccc(-c2cc(C(=O)O)ccc2C(=O)O)cc1. The average molecular weight is 357 g/mol. The van der Waals surface area contributed by atoms with Crippen molar-refractivity contribution in [1.29, 1.82) is 0 Å². The third-order valence-electron chi connectivity index (χ3n) is 3.34. The van der Waals surface area contributed by atoms with Crippen LogP contribution in [0.1, 0.15) is 41.5 Å². The number of amides is 1. The van der Waals surface area contributed by atoms with Gasteiger partial charge in [0.1, 0.15) is 5.60 Å². The third kappa shape index (κ3) is 4.83. The number of hydrogen-bond donors (Lipinski definition) is 3. The second-order valence-electron chi connectivity index (χ2n) is 6.57. The van der Waals surface area contributed by atoms with Crippen LogP contribution >= 0.6 is 0 Å². The van der Waals surface area contributed by atoms with E-state index in [-0.39, 0.29) is 16.7 Å². The van der Waals surface area contributed by atoms with Crippen molar-refractivity contribution in [1.82, 2.24) is 0 Å². The molecule has 7 nitrogen and oxygen atoms in total. The molecule has 0 saturated heterocycles. The molecule has 26 heavy (non-hydrogen) atoms. The molecule has 0 unspecified atom stereocenters. The van der Waals surface area contributed by atoms with Gasteiger partial charge in [0.2, 0.25) is 0 Å². The fourth-order valence-corrected chi connectivity index (χ4v) is 2.26. The van der Waals surface area contributed by atoms with Gasteiger partial charge in [0, 0.05) is 5.69 Å². The molecule has 0 heterocycles. The molecule has 0 aliphatic carbocycles. The van der Waals surface area contributed by atoms with Gasteiger partial charge in [-0.3, -0.25) is 5.32 Å². The highest BCUT2D eigenvalue weighted by molar-refractivity contribution is 5.99. The van der Waals surface area contributed by atoms with Crippen LogP contribution in [-0.4, -0.2) is 33.8 Å². The van der Waals surface area contributed by atoms with Crippen LogP contribution in [0, 0.1) is 0 Å². The number of carbonyl (C=O) groups excluding carboxylic acids is 1. The number of ether oxygens (including phenoxy) is 1. The van der Waals surface area contributed by atoms with Crippen molar-refractivity contribution in [2.45, 2.75) is 26.4 Å². The Bertz CT molecular complexity index is 849. The predicted molar refractivity (Wildman–Crippen MR) is 95.7 cm³/mol. The number of aromatic carboxylic acids is 2. The quantitative estimate of drug-likeness (QED) is 0.759. The molecule has 0 radical (unpaired) electrons. The minimum absolute atomic E-state index is 0.0112. The van der Waals surface area contributed by atoms with Gasteiger partial charge in [0.15, 0.2) is 0 Å². The molecule has 2 rings (SSSR count). The number of nitrogens with one attached hydrogen (secondary N) is 1. The second-order valence-corrected chi connectivity index (χ2v) is 6.57. The summed E-state index contributed by atoms with van der Waals surface area (Å²) < 4.78 is 5.16. The van der Waals surface area contributed by atoms with E-state index in [4.69, 9.17) is 9.84 Å². The minimum atomic E-state index is -1.16. The van der Waals surface area contributed by atoms with Gasteiger partial charge in [0.25, 0.3) is 0 Å². The van der Waals surface area contributed by atoms with E-state index < -0.39 is 23.6 Å². The highest BCUT2D eigenvalue weighted by atomic mass is 16.6. The number of rotatable bonds is 4. The number of carboxylic acids is 2. The van der Waals surface area contributed by atoms with E-state index in [0.29, 0.717) is 11.3 Å². The highest BCUT2D eigenvalue weighted by Crippen LogP contribution is 2.27. The van der Waals surface area contributed by atoms with Gasteiger partial charge in [-0.15, -0.1) is 0 Å². The normalized spacial score (nSPS) is 10.9. The molecule has 136 valence electrons. The Kier molecular flexibility index (Phi) is 5.30. The van der Waals surface area contributed by atoms with Crippen LogP contribution in [-0.2, 0) is 4.74 Å². The van der Waals surface area contributed by atoms with Crippen molar-refractivity contribution in [3.05, 3.63) is 53.6 Å². The molecule has 0 atom stereocenters. The zero-order chi connectivity index (χ0) is 19.5. The van der Waals surface area contributed by atoms with Gasteiger partial charge in [-0.05, 0) is 62.2 Å². The van der Waals surface area contributed by atoms with E-state index in [0.717, 1.165) is 0 Å². The van der Waals surface area contributed by atoms with E-state index in [1.54, 1.807) is 45.0 Å². The zero-order valence-corrected chi connectivity index (χ0v) is 14.6. The number of carbonyl (C=O) groups is 3. The minimum Gasteiger partial charge on any atom is -0.478 e. The first-order chi connectivity index (χ1) is 12.1. The lowest BCUT2D eigenvalue weighted by atomic mass is 9.97. The molecule has 0 aromatic heterocycles. The van der Waals surface area contributed by atoms with E-state index in [9.17, 15) is 19.5 Å². The fourth-order valence-electron chi connectivity index (χ4n) is 2.26. The fraction of sp³-hybridized carbons (Fsp3) is 0.211. The van der Waals surface area contributed by atoms with E-state index in [1.165, 1.54) is 18.2 Å². The summed E-state index contributed by atoms with van der Waals surface area (Å²) in [4.78, 5) is 34.3. The van der Waals surface area contributed by atoms with Crippen LogP contribution in [0.15, 0.2) is 42.5 Å². The largest absolute Gasteiger partial charge is 0.478 e. The van der Waals surface area contributed by atoms with Crippen molar-refractivity contribution in [3.63, 3.8) is 0 Å². The first-order valence-electron chi connectivity index (χ1n) is 7.78. The van der Waals surface area contributed by atoms with Gasteiger partial charge in [-0.25, -0.2) is 14.4 Å². The van der Waals surface area contributed by atoms with Crippen molar-refractivity contribution >= 4 is 23.7 Å². The zero-order valence-electron chi connectivity index (χ0n) is 14.6. The van der Waals surface area contributed by atoms with Crippen LogP contribution in [0.4, 0.5) is 10.5 Å². The Morgan fingerprint density at radius 2 is 1.54 bits per heavy atom. The molecule has 0 spiro atoms. The van der Waals surface area contributed by atoms with E-state index in [2.05, 4.69) is 5.32 Å². The standard InChI is InChI=1S/C19H19NO6/c1-19(2,3)26-18(25)20-13-7-4-11(5-8-13)15-10-12(16(21)22)6-9-14(15)17(23)24/h4-10H,1-3H3,(H,20,25)(H,21,22)(H,23,24). The monoisotopic (exact) mass is 357 g/mol. The molecular formula is C19H19NO6. The van der Waals surface area contributed by atoms with Crippen molar-refractivity contribution in [2.24, 2.45) is 0 Å². The number of anilines is 1. The molecule has 2 aromatic carbocycles. The third-order valence-corrected chi connectivity index (χ3v) is 3.34. The maximum absolute atomic E-state index is 11.8. The summed E-state index contributed by atoms with van der Waals surface area (Å²) >= 11 is 0. The summed E-state index contributed by atoms with van der Waals surface area (Å²) in [6, 6.07) is 10.2. The molecule has 7 heteroatoms. The van der Waals surface area contributed by atoms with Crippen LogP contribution in [0.25, 0.3) is 11.1 Å². The Morgan fingerprint density at radius 3 is 2.04 bits per heavy atom. The van der Waals surface area contributed by atoms with Crippen molar-refractivity contribution in [3.8, 4) is 11.1 Å². The van der Waals surface area contributed by atoms with Crippen molar-refractivity contribution in [2.75, 3.05) is 5.32 Å². The second kappa shape index (κ2) is 7.26. The molecule has 0 aliphatic rings. The first kappa shape index (κ1) is 19.0. The Labute approximate surface area is 150 Å². The summed E-state index contributed by atoms with van der Waals surface area (Å²) in [6.07, 6.45) is -0.607. The molecule has 1 amide bonds. The Hall–Kier alpha value is -3.35. The maximum Gasteiger partial charge on any atom is 0.412 e. The molecular weight excluding hydrogens is 338 g/mol. The maximum atomic E-state index is 11.8.